The summed E-state index contributed by atoms with van der Waals surface area (Å²) in [4.78, 5) is 0. The van der Waals surface area contributed by atoms with Crippen molar-refractivity contribution in [3.05, 3.63) is 29.8 Å². The van der Waals surface area contributed by atoms with Gasteiger partial charge in [-0.15, -0.1) is 0 Å². The van der Waals surface area contributed by atoms with Crippen LogP contribution in [0.15, 0.2) is 24.3 Å². The van der Waals surface area contributed by atoms with Crippen LogP contribution in [-0.4, -0.2) is 18.7 Å². The third kappa shape index (κ3) is 5.16. The van der Waals surface area contributed by atoms with Gasteiger partial charge in [0, 0.05) is 6.04 Å². The maximum atomic E-state index is 5.98. The van der Waals surface area contributed by atoms with E-state index in [1.54, 1.807) is 0 Å². The van der Waals surface area contributed by atoms with Crippen molar-refractivity contribution in [2.24, 2.45) is 0 Å². The molecule has 1 unspecified atom stereocenters. The van der Waals surface area contributed by atoms with E-state index in [9.17, 15) is 0 Å². The number of benzene rings is 1. The fourth-order valence-electron chi connectivity index (χ4n) is 2.31. The predicted molar refractivity (Wildman–Crippen MR) is 85.5 cm³/mol. The van der Waals surface area contributed by atoms with Gasteiger partial charge in [0.1, 0.15) is 5.75 Å². The summed E-state index contributed by atoms with van der Waals surface area (Å²) >= 11 is 0. The first-order valence-corrected chi connectivity index (χ1v) is 7.96. The highest BCUT2D eigenvalue weighted by Gasteiger charge is 2.19. The van der Waals surface area contributed by atoms with Crippen LogP contribution in [0.25, 0.3) is 0 Å². The van der Waals surface area contributed by atoms with Crippen molar-refractivity contribution in [1.29, 1.82) is 0 Å². The van der Waals surface area contributed by atoms with E-state index in [0.29, 0.717) is 0 Å². The van der Waals surface area contributed by atoms with Gasteiger partial charge in [-0.2, -0.15) is 0 Å². The van der Waals surface area contributed by atoms with Gasteiger partial charge < -0.3 is 10.1 Å². The van der Waals surface area contributed by atoms with Crippen molar-refractivity contribution >= 4 is 0 Å². The molecule has 1 aromatic carbocycles. The lowest BCUT2D eigenvalue weighted by molar-refractivity contribution is 0.207. The maximum absolute atomic E-state index is 5.98. The zero-order chi connectivity index (χ0) is 14.6. The van der Waals surface area contributed by atoms with Crippen LogP contribution in [0.3, 0.4) is 0 Å². The monoisotopic (exact) mass is 275 g/mol. The molecule has 0 bridgehead atoms. The molecule has 0 heterocycles. The molecule has 20 heavy (non-hydrogen) atoms. The maximum Gasteiger partial charge on any atom is 0.119 e. The van der Waals surface area contributed by atoms with Crippen molar-refractivity contribution in [3.8, 4) is 5.75 Å². The first-order valence-electron chi connectivity index (χ1n) is 7.96. The molecule has 0 spiro atoms. The molecule has 1 N–H and O–H groups in total. The van der Waals surface area contributed by atoms with Crippen LogP contribution < -0.4 is 10.1 Å². The number of hydrogen-bond donors (Lipinski definition) is 1. The Morgan fingerprint density at radius 3 is 2.40 bits per heavy atom. The average molecular weight is 275 g/mol. The van der Waals surface area contributed by atoms with Crippen molar-refractivity contribution in [1.82, 2.24) is 5.32 Å². The highest BCUT2D eigenvalue weighted by molar-refractivity contribution is 5.31. The highest BCUT2D eigenvalue weighted by atomic mass is 16.5. The quantitative estimate of drug-likeness (QED) is 0.750. The van der Waals surface area contributed by atoms with E-state index in [1.165, 1.54) is 24.8 Å². The van der Waals surface area contributed by atoms with Crippen LogP contribution in [0, 0.1) is 0 Å². The topological polar surface area (TPSA) is 21.3 Å². The summed E-state index contributed by atoms with van der Waals surface area (Å²) in [6.07, 6.45) is 5.33. The standard InChI is InChI=1S/C18H29NO/c1-14(6-5-13-19-16-9-10-16)20-17-11-7-15(8-12-17)18(2,3)4/h7-8,11-12,14,16,19H,5-6,9-10,13H2,1-4H3. The first kappa shape index (κ1) is 15.4. The molecule has 0 amide bonds. The SMILES string of the molecule is CC(CCCNC1CC1)Oc1ccc(C(C)(C)C)cc1. The molecule has 2 nitrogen and oxygen atoms in total. The van der Waals surface area contributed by atoms with Gasteiger partial charge in [-0.1, -0.05) is 32.9 Å². The van der Waals surface area contributed by atoms with Gasteiger partial charge >= 0.3 is 0 Å². The molecule has 1 saturated carbocycles. The average Bonchev–Trinajstić information content (AvgIpc) is 3.18. The summed E-state index contributed by atoms with van der Waals surface area (Å²) in [5.41, 5.74) is 1.56. The summed E-state index contributed by atoms with van der Waals surface area (Å²) in [6.45, 7) is 9.99. The molecule has 112 valence electrons. The summed E-state index contributed by atoms with van der Waals surface area (Å²) in [7, 11) is 0. The van der Waals surface area contributed by atoms with Crippen molar-refractivity contribution < 1.29 is 4.74 Å². The molecule has 2 rings (SSSR count). The zero-order valence-corrected chi connectivity index (χ0v) is 13.4. The molecule has 1 fully saturated rings. The van der Waals surface area contributed by atoms with Gasteiger partial charge in [-0.3, -0.25) is 0 Å². The molecule has 0 saturated heterocycles. The Morgan fingerprint density at radius 1 is 1.20 bits per heavy atom. The number of hydrogen-bond acceptors (Lipinski definition) is 2. The Labute approximate surface area is 123 Å². The molecule has 0 aromatic heterocycles. The Kier molecular flexibility index (Phi) is 5.09. The van der Waals surface area contributed by atoms with E-state index in [1.807, 2.05) is 0 Å². The van der Waals surface area contributed by atoms with Gasteiger partial charge in [0.2, 0.25) is 0 Å². The minimum Gasteiger partial charge on any atom is -0.491 e. The van der Waals surface area contributed by atoms with Crippen LogP contribution in [-0.2, 0) is 5.41 Å². The van der Waals surface area contributed by atoms with Crippen LogP contribution in [0.4, 0.5) is 0 Å². The lowest BCUT2D eigenvalue weighted by Gasteiger charge is -2.20. The minimum absolute atomic E-state index is 0.207. The van der Waals surface area contributed by atoms with Gasteiger partial charge in [0.05, 0.1) is 6.10 Å². The third-order valence-corrected chi connectivity index (χ3v) is 3.86. The summed E-state index contributed by atoms with van der Waals surface area (Å²) < 4.78 is 5.98. The van der Waals surface area contributed by atoms with Crippen molar-refractivity contribution in [3.63, 3.8) is 0 Å². The van der Waals surface area contributed by atoms with Crippen LogP contribution in [0.2, 0.25) is 0 Å². The van der Waals surface area contributed by atoms with Gasteiger partial charge in [0.25, 0.3) is 0 Å². The van der Waals surface area contributed by atoms with Crippen LogP contribution in [0.1, 0.15) is 58.9 Å². The number of ether oxygens (including phenoxy) is 1. The molecule has 1 aromatic rings. The predicted octanol–water partition coefficient (Wildman–Crippen LogP) is 4.28. The molecule has 1 aliphatic carbocycles. The lowest BCUT2D eigenvalue weighted by atomic mass is 9.87. The molecule has 2 heteroatoms. The van der Waals surface area contributed by atoms with Gasteiger partial charge in [-0.25, -0.2) is 0 Å². The largest absolute Gasteiger partial charge is 0.491 e. The lowest BCUT2D eigenvalue weighted by Crippen LogP contribution is -2.20. The summed E-state index contributed by atoms with van der Waals surface area (Å²) in [5, 5.41) is 3.54. The first-order chi connectivity index (χ1) is 9.45. The van der Waals surface area contributed by atoms with Gasteiger partial charge in [-0.05, 0) is 62.3 Å². The second kappa shape index (κ2) is 6.62. The van der Waals surface area contributed by atoms with Crippen LogP contribution in [0.5, 0.6) is 5.75 Å². The Balaban J connectivity index is 1.71. The molecule has 0 radical (unpaired) electrons. The molecular weight excluding hydrogens is 246 g/mol. The fourth-order valence-corrected chi connectivity index (χ4v) is 2.31. The Morgan fingerprint density at radius 2 is 1.85 bits per heavy atom. The third-order valence-electron chi connectivity index (χ3n) is 3.86. The van der Waals surface area contributed by atoms with E-state index in [2.05, 4.69) is 57.3 Å². The summed E-state index contributed by atoms with van der Waals surface area (Å²) in [5.74, 6) is 0.987. The molecule has 1 aliphatic rings. The Hall–Kier alpha value is -1.02. The Bertz CT molecular complexity index is 400. The van der Waals surface area contributed by atoms with Crippen molar-refractivity contribution in [2.45, 2.75) is 70.9 Å². The second-order valence-corrected chi connectivity index (χ2v) is 7.07. The number of rotatable bonds is 7. The zero-order valence-electron chi connectivity index (χ0n) is 13.4. The van der Waals surface area contributed by atoms with E-state index in [-0.39, 0.29) is 11.5 Å². The summed E-state index contributed by atoms with van der Waals surface area (Å²) in [6, 6.07) is 9.36. The molecular formula is C18H29NO. The molecule has 0 aliphatic heterocycles. The van der Waals surface area contributed by atoms with E-state index in [4.69, 9.17) is 4.74 Å². The highest BCUT2D eigenvalue weighted by Crippen LogP contribution is 2.25. The molecule has 1 atom stereocenters. The second-order valence-electron chi connectivity index (χ2n) is 7.07. The van der Waals surface area contributed by atoms with E-state index >= 15 is 0 Å². The van der Waals surface area contributed by atoms with Crippen molar-refractivity contribution in [2.75, 3.05) is 6.54 Å². The fraction of sp³-hybridized carbons (Fsp3) is 0.667. The van der Waals surface area contributed by atoms with E-state index < -0.39 is 0 Å². The van der Waals surface area contributed by atoms with Gasteiger partial charge in [0.15, 0.2) is 0 Å². The smallest absolute Gasteiger partial charge is 0.119 e. The number of nitrogens with one attached hydrogen (secondary N) is 1. The van der Waals surface area contributed by atoms with E-state index in [0.717, 1.165) is 24.8 Å². The normalized spacial score (nSPS) is 17.0. The minimum atomic E-state index is 0.207. The van der Waals surface area contributed by atoms with Crippen LogP contribution >= 0.6 is 0 Å².